The molecule has 1 saturated heterocycles. The molecular weight excluding hydrogens is 668 g/mol. The summed E-state index contributed by atoms with van der Waals surface area (Å²) < 4.78 is 75.4. The number of rotatable bonds is 16. The van der Waals surface area contributed by atoms with Crippen LogP contribution in [0.15, 0.2) is 92.6 Å². The monoisotopic (exact) mass is 702 g/mol. The molecular formula is C33H34F3N4O6PS. The number of thioether (sulfide) groups is 1. The van der Waals surface area contributed by atoms with Gasteiger partial charge in [0, 0.05) is 22.4 Å². The zero-order valence-electron chi connectivity index (χ0n) is 25.6. The topological polar surface area (TPSA) is 140 Å². The van der Waals surface area contributed by atoms with Crippen LogP contribution in [-0.2, 0) is 30.7 Å². The van der Waals surface area contributed by atoms with Gasteiger partial charge in [-0.15, -0.1) is 24.9 Å². The Balaban J connectivity index is 1.64. The third-order valence-corrected chi connectivity index (χ3v) is 9.65. The van der Waals surface area contributed by atoms with Crippen LogP contribution in [0.5, 0.6) is 0 Å². The first kappa shape index (κ1) is 37.0. The van der Waals surface area contributed by atoms with Crippen molar-refractivity contribution in [2.45, 2.75) is 41.8 Å². The second kappa shape index (κ2) is 17.0. The zero-order valence-corrected chi connectivity index (χ0v) is 27.4. The SMILES string of the molecule is C=CCC(CC=C)[C@@H](SC1COC(/C=C/C=C/c2ccc(C#N)cc2F)OC1)[C@@](Cn1cncn1)(OP(=O)(O)O)c1ccc(F)cc1F. The van der Waals surface area contributed by atoms with E-state index in [1.165, 1.54) is 47.3 Å². The Morgan fingerprint density at radius 1 is 1.12 bits per heavy atom. The number of benzene rings is 2. The lowest BCUT2D eigenvalue weighted by Crippen LogP contribution is -2.49. The molecule has 0 saturated carbocycles. The summed E-state index contributed by atoms with van der Waals surface area (Å²) in [5.74, 6) is -2.95. The van der Waals surface area contributed by atoms with Gasteiger partial charge in [0.2, 0.25) is 0 Å². The van der Waals surface area contributed by atoms with E-state index in [9.17, 15) is 23.1 Å². The average Bonchev–Trinajstić information content (AvgIpc) is 3.55. The summed E-state index contributed by atoms with van der Waals surface area (Å²) in [7, 11) is -5.35. The quantitative estimate of drug-likeness (QED) is 0.0972. The number of allylic oxidation sites excluding steroid dienone is 4. The predicted molar refractivity (Wildman–Crippen MR) is 174 cm³/mol. The first-order valence-electron chi connectivity index (χ1n) is 14.7. The van der Waals surface area contributed by atoms with Gasteiger partial charge in [0.1, 0.15) is 35.7 Å². The van der Waals surface area contributed by atoms with Crippen LogP contribution in [0.2, 0.25) is 0 Å². The molecule has 2 N–H and O–H groups in total. The highest BCUT2D eigenvalue weighted by molar-refractivity contribution is 8.00. The molecule has 0 aliphatic carbocycles. The van der Waals surface area contributed by atoms with Crippen LogP contribution in [0, 0.1) is 34.7 Å². The van der Waals surface area contributed by atoms with Crippen LogP contribution in [0.4, 0.5) is 13.2 Å². The molecule has 2 heterocycles. The van der Waals surface area contributed by atoms with Gasteiger partial charge in [0.15, 0.2) is 6.29 Å². The van der Waals surface area contributed by atoms with Gasteiger partial charge in [-0.3, -0.25) is 4.52 Å². The number of phosphoric acid groups is 1. The molecule has 2 aromatic carbocycles. The molecule has 15 heteroatoms. The molecule has 0 spiro atoms. The molecule has 1 aromatic heterocycles. The average molecular weight is 703 g/mol. The number of ether oxygens (including phenoxy) is 2. The molecule has 1 fully saturated rings. The van der Waals surface area contributed by atoms with Crippen molar-refractivity contribution in [3.8, 4) is 6.07 Å². The first-order valence-corrected chi connectivity index (χ1v) is 17.1. The van der Waals surface area contributed by atoms with E-state index in [1.807, 2.05) is 6.07 Å². The molecule has 1 aliphatic heterocycles. The maximum absolute atomic E-state index is 15.7. The molecule has 254 valence electrons. The molecule has 3 aromatic rings. The summed E-state index contributed by atoms with van der Waals surface area (Å²) in [5, 5.41) is 11.6. The number of hydrogen-bond acceptors (Lipinski definition) is 8. The van der Waals surface area contributed by atoms with E-state index < -0.39 is 60.1 Å². The van der Waals surface area contributed by atoms with Crippen molar-refractivity contribution in [1.82, 2.24) is 14.8 Å². The Kier molecular flexibility index (Phi) is 13.1. The van der Waals surface area contributed by atoms with E-state index in [0.717, 1.165) is 18.2 Å². The largest absolute Gasteiger partial charge is 0.470 e. The number of halogens is 3. The summed E-state index contributed by atoms with van der Waals surface area (Å²) in [6, 6.07) is 8.75. The second-order valence-electron chi connectivity index (χ2n) is 10.8. The van der Waals surface area contributed by atoms with Gasteiger partial charge in [-0.25, -0.2) is 27.4 Å². The molecule has 1 aliphatic rings. The highest BCUT2D eigenvalue weighted by Crippen LogP contribution is 2.54. The van der Waals surface area contributed by atoms with Crippen LogP contribution in [0.1, 0.15) is 29.5 Å². The minimum absolute atomic E-state index is 0.125. The predicted octanol–water partition coefficient (Wildman–Crippen LogP) is 6.45. The van der Waals surface area contributed by atoms with Crippen LogP contribution in [0.25, 0.3) is 6.08 Å². The lowest BCUT2D eigenvalue weighted by atomic mass is 9.80. The third-order valence-electron chi connectivity index (χ3n) is 7.38. The van der Waals surface area contributed by atoms with E-state index in [2.05, 4.69) is 23.2 Å². The van der Waals surface area contributed by atoms with E-state index in [4.69, 9.17) is 19.3 Å². The minimum Gasteiger partial charge on any atom is -0.348 e. The van der Waals surface area contributed by atoms with Crippen LogP contribution in [-0.4, -0.2) is 54.6 Å². The first-order chi connectivity index (χ1) is 23.0. The summed E-state index contributed by atoms with van der Waals surface area (Å²) in [4.78, 5) is 24.4. The number of phosphoric ester groups is 1. The fraction of sp³-hybridized carbons (Fsp3) is 0.303. The van der Waals surface area contributed by atoms with Gasteiger partial charge in [0.05, 0.1) is 36.6 Å². The van der Waals surface area contributed by atoms with Crippen molar-refractivity contribution in [1.29, 1.82) is 5.26 Å². The third kappa shape index (κ3) is 9.87. The summed E-state index contributed by atoms with van der Waals surface area (Å²) in [5.41, 5.74) is -1.90. The smallest absolute Gasteiger partial charge is 0.348 e. The molecule has 0 radical (unpaired) electrons. The Morgan fingerprint density at radius 3 is 2.44 bits per heavy atom. The van der Waals surface area contributed by atoms with Gasteiger partial charge >= 0.3 is 7.82 Å². The molecule has 4 rings (SSSR count). The summed E-state index contributed by atoms with van der Waals surface area (Å²) >= 11 is 1.22. The second-order valence-corrected chi connectivity index (χ2v) is 13.4. The van der Waals surface area contributed by atoms with Crippen LogP contribution < -0.4 is 0 Å². The maximum atomic E-state index is 15.7. The molecule has 48 heavy (non-hydrogen) atoms. The molecule has 2 atom stereocenters. The Bertz CT molecular complexity index is 1700. The van der Waals surface area contributed by atoms with Gasteiger partial charge < -0.3 is 19.3 Å². The molecule has 10 nitrogen and oxygen atoms in total. The zero-order chi connectivity index (χ0) is 34.7. The fourth-order valence-corrected chi connectivity index (χ4v) is 7.78. The molecule has 0 amide bonds. The lowest BCUT2D eigenvalue weighted by Gasteiger charge is -2.45. The summed E-state index contributed by atoms with van der Waals surface area (Å²) in [6.07, 6.45) is 12.0. The lowest BCUT2D eigenvalue weighted by molar-refractivity contribution is -0.146. The minimum atomic E-state index is -5.35. The highest BCUT2D eigenvalue weighted by Gasteiger charge is 2.52. The van der Waals surface area contributed by atoms with Crippen molar-refractivity contribution < 1.29 is 41.5 Å². The number of hydrogen-bond donors (Lipinski definition) is 2. The molecule has 0 bridgehead atoms. The van der Waals surface area contributed by atoms with Crippen molar-refractivity contribution in [2.24, 2.45) is 5.92 Å². The normalized spacial score (nSPS) is 18.9. The Morgan fingerprint density at radius 2 is 1.85 bits per heavy atom. The number of nitrogens with zero attached hydrogens (tertiary/aromatic N) is 4. The van der Waals surface area contributed by atoms with E-state index >= 15 is 4.39 Å². The van der Waals surface area contributed by atoms with Gasteiger partial charge in [-0.05, 0) is 43.0 Å². The molecule has 0 unspecified atom stereocenters. The van der Waals surface area contributed by atoms with E-state index in [1.54, 1.807) is 30.4 Å². The number of aromatic nitrogens is 3. The Labute approximate surface area is 280 Å². The van der Waals surface area contributed by atoms with Gasteiger partial charge in [0.25, 0.3) is 0 Å². The van der Waals surface area contributed by atoms with Crippen LogP contribution in [0.3, 0.4) is 0 Å². The number of nitriles is 1. The van der Waals surface area contributed by atoms with Gasteiger partial charge in [-0.2, -0.15) is 10.4 Å². The summed E-state index contributed by atoms with van der Waals surface area (Å²) in [6.45, 7) is 7.53. The van der Waals surface area contributed by atoms with Crippen molar-refractivity contribution in [3.05, 3.63) is 127 Å². The van der Waals surface area contributed by atoms with E-state index in [-0.39, 0.29) is 24.3 Å². The highest BCUT2D eigenvalue weighted by atomic mass is 32.2. The van der Waals surface area contributed by atoms with Crippen LogP contribution >= 0.6 is 19.6 Å². The van der Waals surface area contributed by atoms with E-state index in [0.29, 0.717) is 24.5 Å². The van der Waals surface area contributed by atoms with Crippen molar-refractivity contribution in [2.75, 3.05) is 13.2 Å². The van der Waals surface area contributed by atoms with Gasteiger partial charge in [-0.1, -0.05) is 42.5 Å². The maximum Gasteiger partial charge on any atom is 0.470 e. The fourth-order valence-electron chi connectivity index (χ4n) is 5.38. The van der Waals surface area contributed by atoms with Crippen molar-refractivity contribution in [3.63, 3.8) is 0 Å². The van der Waals surface area contributed by atoms with Crippen molar-refractivity contribution >= 4 is 25.7 Å². The standard InChI is InChI=1S/C33H34F3N4O6PS/c1-3-7-25(8-4-2)32(33(46-47(41,42)43,20-40-22-38-21-39-40)28-14-13-26(34)16-30(28)36)48-27-18-44-31(45-19-27)10-6-5-9-24-12-11-23(17-37)15-29(24)35/h3-6,9-16,21-22,25,27,31-32H,1-2,7-8,18-20H2,(H2,41,42,43)/b9-5+,10-6+/t27?,31?,32-,33+/m1/s1. The Hall–Kier alpha value is -3.80.